The maximum atomic E-state index is 8.87. The van der Waals surface area contributed by atoms with Gasteiger partial charge in [-0.3, -0.25) is 0 Å². The molecule has 0 aliphatic carbocycles. The van der Waals surface area contributed by atoms with E-state index in [4.69, 9.17) is 14.6 Å². The molecule has 9 heavy (non-hydrogen) atoms. The van der Waals surface area contributed by atoms with Gasteiger partial charge in [-0.25, -0.2) is 0 Å². The fraction of sp³-hybridized carbons (Fsp3) is 0.667. The largest absolute Gasteiger partial charge is 0.509 e. The third-order valence-corrected chi connectivity index (χ3v) is 1.27. The second-order valence-corrected chi connectivity index (χ2v) is 2.00. The molecular formula is C6H10O3. The van der Waals surface area contributed by atoms with Gasteiger partial charge in [0.1, 0.15) is 18.6 Å². The zero-order chi connectivity index (χ0) is 6.69. The zero-order valence-electron chi connectivity index (χ0n) is 5.33. The van der Waals surface area contributed by atoms with Crippen LogP contribution in [0.25, 0.3) is 0 Å². The fourth-order valence-corrected chi connectivity index (χ4v) is 0.743. The summed E-state index contributed by atoms with van der Waals surface area (Å²) in [6.45, 7) is 0.542. The van der Waals surface area contributed by atoms with Crippen molar-refractivity contribution >= 4 is 0 Å². The minimum atomic E-state index is 0.0231. The first-order chi connectivity index (χ1) is 4.33. The molecule has 0 spiro atoms. The van der Waals surface area contributed by atoms with E-state index in [0.717, 1.165) is 0 Å². The SMILES string of the molecule is COC1COC=C(O)C1. The molecule has 0 bridgehead atoms. The van der Waals surface area contributed by atoms with Crippen LogP contribution in [-0.2, 0) is 9.47 Å². The van der Waals surface area contributed by atoms with Crippen molar-refractivity contribution in [1.82, 2.24) is 0 Å². The fourth-order valence-electron chi connectivity index (χ4n) is 0.743. The lowest BCUT2D eigenvalue weighted by Crippen LogP contribution is -2.21. The predicted molar refractivity (Wildman–Crippen MR) is 32.1 cm³/mol. The highest BCUT2D eigenvalue weighted by molar-refractivity contribution is 4.91. The minimum Gasteiger partial charge on any atom is -0.509 e. The van der Waals surface area contributed by atoms with Crippen LogP contribution < -0.4 is 0 Å². The number of aliphatic hydroxyl groups is 1. The van der Waals surface area contributed by atoms with E-state index in [1.165, 1.54) is 6.26 Å². The van der Waals surface area contributed by atoms with Gasteiger partial charge in [-0.05, 0) is 0 Å². The molecule has 1 heterocycles. The molecule has 3 heteroatoms. The molecule has 1 N–H and O–H groups in total. The van der Waals surface area contributed by atoms with Crippen LogP contribution in [0.4, 0.5) is 0 Å². The molecule has 1 atom stereocenters. The normalized spacial score (nSPS) is 26.8. The van der Waals surface area contributed by atoms with Crippen LogP contribution in [0.3, 0.4) is 0 Å². The van der Waals surface area contributed by atoms with Gasteiger partial charge >= 0.3 is 0 Å². The Kier molecular flexibility index (Phi) is 1.95. The van der Waals surface area contributed by atoms with Crippen LogP contribution in [0.1, 0.15) is 6.42 Å². The lowest BCUT2D eigenvalue weighted by atomic mass is 10.2. The molecule has 0 aromatic heterocycles. The molecule has 0 radical (unpaired) electrons. The van der Waals surface area contributed by atoms with Crippen LogP contribution in [0.5, 0.6) is 0 Å². The summed E-state index contributed by atoms with van der Waals surface area (Å²) in [5.41, 5.74) is 0. The van der Waals surface area contributed by atoms with E-state index in [1.807, 2.05) is 0 Å². The minimum absolute atomic E-state index is 0.0231. The van der Waals surface area contributed by atoms with Crippen molar-refractivity contribution in [3.8, 4) is 0 Å². The van der Waals surface area contributed by atoms with Crippen LogP contribution in [0.15, 0.2) is 12.0 Å². The van der Waals surface area contributed by atoms with E-state index in [-0.39, 0.29) is 11.9 Å². The molecule has 52 valence electrons. The standard InChI is InChI=1S/C6H10O3/c1-8-6-2-5(7)3-9-4-6/h3,6-7H,2,4H2,1H3. The summed E-state index contributed by atoms with van der Waals surface area (Å²) in [6.07, 6.45) is 1.95. The molecule has 1 rings (SSSR count). The molecule has 1 unspecified atom stereocenters. The number of rotatable bonds is 1. The van der Waals surface area contributed by atoms with Gasteiger partial charge in [-0.2, -0.15) is 0 Å². The van der Waals surface area contributed by atoms with Crippen molar-refractivity contribution < 1.29 is 14.6 Å². The van der Waals surface area contributed by atoms with Crippen molar-refractivity contribution in [3.63, 3.8) is 0 Å². The maximum absolute atomic E-state index is 8.87. The Morgan fingerprint density at radius 2 is 2.67 bits per heavy atom. The van der Waals surface area contributed by atoms with Crippen LogP contribution in [0.2, 0.25) is 0 Å². The predicted octanol–water partition coefficient (Wildman–Crippen LogP) is 0.821. The average molecular weight is 130 g/mol. The van der Waals surface area contributed by atoms with Crippen LogP contribution in [-0.4, -0.2) is 24.9 Å². The van der Waals surface area contributed by atoms with Gasteiger partial charge in [0.15, 0.2) is 0 Å². The summed E-state index contributed by atoms with van der Waals surface area (Å²) in [5.74, 6) is 0.258. The number of hydrogen-bond acceptors (Lipinski definition) is 3. The van der Waals surface area contributed by atoms with Crippen molar-refractivity contribution in [2.45, 2.75) is 12.5 Å². The lowest BCUT2D eigenvalue weighted by Gasteiger charge is -2.18. The Bertz CT molecular complexity index is 119. The lowest BCUT2D eigenvalue weighted by molar-refractivity contribution is 0.0167. The monoisotopic (exact) mass is 130 g/mol. The van der Waals surface area contributed by atoms with Crippen LogP contribution in [0, 0.1) is 0 Å². The summed E-state index contributed by atoms with van der Waals surface area (Å²) >= 11 is 0. The molecule has 0 amide bonds. The van der Waals surface area contributed by atoms with E-state index in [2.05, 4.69) is 0 Å². The second-order valence-electron chi connectivity index (χ2n) is 2.00. The van der Waals surface area contributed by atoms with Crippen molar-refractivity contribution in [1.29, 1.82) is 0 Å². The highest BCUT2D eigenvalue weighted by Gasteiger charge is 2.14. The highest BCUT2D eigenvalue weighted by Crippen LogP contribution is 2.11. The first-order valence-corrected chi connectivity index (χ1v) is 2.85. The van der Waals surface area contributed by atoms with Gasteiger partial charge in [0.2, 0.25) is 0 Å². The first kappa shape index (κ1) is 6.42. The Morgan fingerprint density at radius 3 is 3.11 bits per heavy atom. The summed E-state index contributed by atoms with van der Waals surface area (Å²) < 4.78 is 9.78. The van der Waals surface area contributed by atoms with Gasteiger partial charge in [0, 0.05) is 13.5 Å². The summed E-state index contributed by atoms with van der Waals surface area (Å²) in [4.78, 5) is 0. The number of hydrogen-bond donors (Lipinski definition) is 1. The molecule has 0 fully saturated rings. The van der Waals surface area contributed by atoms with Gasteiger partial charge in [0.25, 0.3) is 0 Å². The van der Waals surface area contributed by atoms with E-state index >= 15 is 0 Å². The molecular weight excluding hydrogens is 120 g/mol. The first-order valence-electron chi connectivity index (χ1n) is 2.85. The molecule has 3 nitrogen and oxygen atoms in total. The molecule has 1 aliphatic rings. The zero-order valence-corrected chi connectivity index (χ0v) is 5.33. The number of ether oxygens (including phenoxy) is 2. The van der Waals surface area contributed by atoms with Gasteiger partial charge < -0.3 is 14.6 Å². The van der Waals surface area contributed by atoms with Gasteiger partial charge in [-0.15, -0.1) is 0 Å². The molecule has 0 aromatic carbocycles. The Morgan fingerprint density at radius 1 is 1.89 bits per heavy atom. The molecule has 0 saturated heterocycles. The van der Waals surface area contributed by atoms with Gasteiger partial charge in [0.05, 0.1) is 6.10 Å². The van der Waals surface area contributed by atoms with E-state index in [0.29, 0.717) is 13.0 Å². The third-order valence-electron chi connectivity index (χ3n) is 1.27. The number of aliphatic hydroxyl groups excluding tert-OH is 1. The van der Waals surface area contributed by atoms with Crippen LogP contribution >= 0.6 is 0 Å². The average Bonchev–Trinajstić information content (AvgIpc) is 1.88. The van der Waals surface area contributed by atoms with Crippen molar-refractivity contribution in [2.75, 3.05) is 13.7 Å². The third kappa shape index (κ3) is 1.61. The Balaban J connectivity index is 2.39. The van der Waals surface area contributed by atoms with Crippen molar-refractivity contribution in [2.24, 2.45) is 0 Å². The Hall–Kier alpha value is -0.700. The maximum Gasteiger partial charge on any atom is 0.129 e. The topological polar surface area (TPSA) is 38.7 Å². The summed E-state index contributed by atoms with van der Waals surface area (Å²) in [7, 11) is 1.60. The van der Waals surface area contributed by atoms with E-state index in [9.17, 15) is 0 Å². The quantitative estimate of drug-likeness (QED) is 0.571. The van der Waals surface area contributed by atoms with E-state index in [1.54, 1.807) is 7.11 Å². The van der Waals surface area contributed by atoms with Crippen molar-refractivity contribution in [3.05, 3.63) is 12.0 Å². The van der Waals surface area contributed by atoms with Gasteiger partial charge in [-0.1, -0.05) is 0 Å². The summed E-state index contributed by atoms with van der Waals surface area (Å²) in [5, 5.41) is 8.87. The Labute approximate surface area is 53.9 Å². The molecule has 1 aliphatic heterocycles. The highest BCUT2D eigenvalue weighted by atomic mass is 16.5. The summed E-state index contributed by atoms with van der Waals surface area (Å²) in [6, 6.07) is 0. The van der Waals surface area contributed by atoms with E-state index < -0.39 is 0 Å². The smallest absolute Gasteiger partial charge is 0.129 e. The molecule has 0 aromatic rings. The second kappa shape index (κ2) is 2.73. The molecule has 0 saturated carbocycles. The number of methoxy groups -OCH3 is 1.